The topological polar surface area (TPSA) is 72.2 Å². The maximum atomic E-state index is 12.3. The highest BCUT2D eigenvalue weighted by Gasteiger charge is 2.20. The van der Waals surface area contributed by atoms with Crippen LogP contribution < -0.4 is 10.5 Å². The molecule has 0 aromatic heterocycles. The number of halogens is 1. The smallest absolute Gasteiger partial charge is 0.242 e. The number of nitrogens with two attached hydrogens (primary N) is 1. The number of hydrogen-bond donors (Lipinski definition) is 2. The third-order valence-corrected chi connectivity index (χ3v) is 5.60. The van der Waals surface area contributed by atoms with Crippen molar-refractivity contribution >= 4 is 31.6 Å². The molecule has 3 N–H and O–H groups in total. The first kappa shape index (κ1) is 17.5. The van der Waals surface area contributed by atoms with Crippen LogP contribution in [0.3, 0.4) is 0 Å². The number of anilines is 1. The van der Waals surface area contributed by atoms with E-state index in [0.29, 0.717) is 16.1 Å². The lowest BCUT2D eigenvalue weighted by molar-refractivity contribution is 0.488. The zero-order valence-corrected chi connectivity index (χ0v) is 14.6. The van der Waals surface area contributed by atoms with Crippen molar-refractivity contribution in [1.29, 1.82) is 0 Å². The first-order valence-electron chi connectivity index (χ1n) is 6.79. The molecule has 0 amide bonds. The highest BCUT2D eigenvalue weighted by molar-refractivity contribution is 9.10. The van der Waals surface area contributed by atoms with E-state index < -0.39 is 10.0 Å². The van der Waals surface area contributed by atoms with E-state index in [-0.39, 0.29) is 10.9 Å². The molecule has 0 aliphatic rings. The van der Waals surface area contributed by atoms with Gasteiger partial charge in [-0.15, -0.1) is 0 Å². The van der Waals surface area contributed by atoms with Gasteiger partial charge in [0.1, 0.15) is 0 Å². The van der Waals surface area contributed by atoms with Crippen molar-refractivity contribution in [3.63, 3.8) is 0 Å². The van der Waals surface area contributed by atoms with Crippen LogP contribution in [0.15, 0.2) is 27.6 Å². The quantitative estimate of drug-likeness (QED) is 0.728. The summed E-state index contributed by atoms with van der Waals surface area (Å²) < 4.78 is 27.9. The molecule has 0 spiro atoms. The SMILES string of the molecule is CC(C)CCCC(C)NS(=O)(=O)c1cc(N)ccc1Br. The number of nitrogen functional groups attached to an aromatic ring is 1. The fourth-order valence-corrected chi connectivity index (χ4v) is 4.22. The molecule has 0 saturated heterocycles. The second-order valence-electron chi connectivity index (χ2n) is 5.54. The Morgan fingerprint density at radius 3 is 2.50 bits per heavy atom. The molecule has 1 unspecified atom stereocenters. The van der Waals surface area contributed by atoms with E-state index in [0.717, 1.165) is 19.3 Å². The van der Waals surface area contributed by atoms with Crippen molar-refractivity contribution < 1.29 is 8.42 Å². The van der Waals surface area contributed by atoms with Crippen LogP contribution in [-0.2, 0) is 10.0 Å². The van der Waals surface area contributed by atoms with Crippen LogP contribution in [0.4, 0.5) is 5.69 Å². The first-order valence-corrected chi connectivity index (χ1v) is 9.07. The Kier molecular flexibility index (Phi) is 6.48. The van der Waals surface area contributed by atoms with E-state index in [1.54, 1.807) is 12.1 Å². The van der Waals surface area contributed by atoms with Crippen molar-refractivity contribution in [3.05, 3.63) is 22.7 Å². The molecular weight excluding hydrogens is 340 g/mol. The van der Waals surface area contributed by atoms with Gasteiger partial charge in [-0.3, -0.25) is 0 Å². The number of rotatable bonds is 7. The molecule has 0 aliphatic carbocycles. The molecule has 1 aromatic carbocycles. The van der Waals surface area contributed by atoms with Crippen LogP contribution >= 0.6 is 15.9 Å². The van der Waals surface area contributed by atoms with Crippen LogP contribution in [0, 0.1) is 5.92 Å². The summed E-state index contributed by atoms with van der Waals surface area (Å²) in [5, 5.41) is 0. The van der Waals surface area contributed by atoms with Gasteiger partial charge in [-0.1, -0.05) is 26.7 Å². The lowest BCUT2D eigenvalue weighted by Gasteiger charge is -2.16. The highest BCUT2D eigenvalue weighted by Crippen LogP contribution is 2.24. The second-order valence-corrected chi connectivity index (χ2v) is 8.07. The van der Waals surface area contributed by atoms with Gasteiger partial charge in [0.25, 0.3) is 0 Å². The van der Waals surface area contributed by atoms with Crippen molar-refractivity contribution in [2.24, 2.45) is 5.92 Å². The standard InChI is InChI=1S/C14H23BrN2O2S/c1-10(2)5-4-6-11(3)17-20(18,19)14-9-12(16)7-8-13(14)15/h7-11,17H,4-6,16H2,1-3H3. The molecular formula is C14H23BrN2O2S. The Balaban J connectivity index is 2.72. The van der Waals surface area contributed by atoms with E-state index in [1.165, 1.54) is 6.07 Å². The van der Waals surface area contributed by atoms with Gasteiger partial charge in [0.15, 0.2) is 0 Å². The molecule has 0 aliphatic heterocycles. The van der Waals surface area contributed by atoms with Crippen molar-refractivity contribution in [3.8, 4) is 0 Å². The summed E-state index contributed by atoms with van der Waals surface area (Å²) in [6.07, 6.45) is 2.95. The van der Waals surface area contributed by atoms with Crippen LogP contribution in [0.25, 0.3) is 0 Å². The average molecular weight is 363 g/mol. The zero-order chi connectivity index (χ0) is 15.3. The number of nitrogens with one attached hydrogen (secondary N) is 1. The van der Waals surface area contributed by atoms with Crippen molar-refractivity contribution in [1.82, 2.24) is 4.72 Å². The molecule has 4 nitrogen and oxygen atoms in total. The van der Waals surface area contributed by atoms with Gasteiger partial charge < -0.3 is 5.73 Å². The largest absolute Gasteiger partial charge is 0.399 e. The Morgan fingerprint density at radius 2 is 1.90 bits per heavy atom. The lowest BCUT2D eigenvalue weighted by atomic mass is 10.0. The minimum Gasteiger partial charge on any atom is -0.399 e. The fraction of sp³-hybridized carbons (Fsp3) is 0.571. The third-order valence-electron chi connectivity index (χ3n) is 3.02. The van der Waals surface area contributed by atoms with Gasteiger partial charge in [-0.2, -0.15) is 0 Å². The van der Waals surface area contributed by atoms with Gasteiger partial charge in [0, 0.05) is 16.2 Å². The van der Waals surface area contributed by atoms with Gasteiger partial charge in [0.2, 0.25) is 10.0 Å². The molecule has 0 saturated carbocycles. The molecule has 1 aromatic rings. The van der Waals surface area contributed by atoms with Crippen molar-refractivity contribution in [2.75, 3.05) is 5.73 Å². The fourth-order valence-electron chi connectivity index (χ4n) is 1.95. The summed E-state index contributed by atoms with van der Waals surface area (Å²) >= 11 is 3.25. The van der Waals surface area contributed by atoms with E-state index in [4.69, 9.17) is 5.73 Å². The maximum Gasteiger partial charge on any atom is 0.242 e. The predicted octanol–water partition coefficient (Wildman–Crippen LogP) is 3.52. The Hall–Kier alpha value is -0.590. The van der Waals surface area contributed by atoms with Crippen molar-refractivity contribution in [2.45, 2.75) is 51.0 Å². The van der Waals surface area contributed by atoms with Crippen LogP contribution in [0.1, 0.15) is 40.0 Å². The number of benzene rings is 1. The van der Waals surface area contributed by atoms with E-state index in [2.05, 4.69) is 34.5 Å². The average Bonchev–Trinajstić information content (AvgIpc) is 2.31. The molecule has 0 heterocycles. The van der Waals surface area contributed by atoms with E-state index in [1.807, 2.05) is 6.92 Å². The third kappa shape index (κ3) is 5.42. The Bertz CT molecular complexity index is 544. The Morgan fingerprint density at radius 1 is 1.25 bits per heavy atom. The number of sulfonamides is 1. The summed E-state index contributed by atoms with van der Waals surface area (Å²) in [5.41, 5.74) is 6.09. The first-order chi connectivity index (χ1) is 9.22. The van der Waals surface area contributed by atoms with Gasteiger partial charge in [0.05, 0.1) is 4.90 Å². The Labute approximate surface area is 130 Å². The molecule has 114 valence electrons. The van der Waals surface area contributed by atoms with Gasteiger partial charge >= 0.3 is 0 Å². The molecule has 20 heavy (non-hydrogen) atoms. The molecule has 1 rings (SSSR count). The van der Waals surface area contributed by atoms with Gasteiger partial charge in [-0.25, -0.2) is 13.1 Å². The second kappa shape index (κ2) is 7.43. The molecule has 0 fully saturated rings. The highest BCUT2D eigenvalue weighted by atomic mass is 79.9. The minimum absolute atomic E-state index is 0.0907. The number of hydrogen-bond acceptors (Lipinski definition) is 3. The van der Waals surface area contributed by atoms with E-state index >= 15 is 0 Å². The molecule has 0 bridgehead atoms. The summed E-state index contributed by atoms with van der Waals surface area (Å²) in [6, 6.07) is 4.68. The minimum atomic E-state index is -3.54. The summed E-state index contributed by atoms with van der Waals surface area (Å²) in [7, 11) is -3.54. The molecule has 6 heteroatoms. The van der Waals surface area contributed by atoms with E-state index in [9.17, 15) is 8.42 Å². The molecule has 0 radical (unpaired) electrons. The molecule has 1 atom stereocenters. The summed E-state index contributed by atoms with van der Waals surface area (Å²) in [4.78, 5) is 0.188. The van der Waals surface area contributed by atoms with Crippen LogP contribution in [0.5, 0.6) is 0 Å². The maximum absolute atomic E-state index is 12.3. The summed E-state index contributed by atoms with van der Waals surface area (Å²) in [6.45, 7) is 6.22. The lowest BCUT2D eigenvalue weighted by Crippen LogP contribution is -2.32. The zero-order valence-electron chi connectivity index (χ0n) is 12.2. The van der Waals surface area contributed by atoms with Gasteiger partial charge in [-0.05, 0) is 53.4 Å². The normalized spacial score (nSPS) is 13.7. The van der Waals surface area contributed by atoms with Crippen LogP contribution in [0.2, 0.25) is 0 Å². The monoisotopic (exact) mass is 362 g/mol. The van der Waals surface area contributed by atoms with Crippen LogP contribution in [-0.4, -0.2) is 14.5 Å². The predicted molar refractivity (Wildman–Crippen MR) is 87.0 cm³/mol. The summed E-state index contributed by atoms with van der Waals surface area (Å²) in [5.74, 6) is 0.641.